The monoisotopic (exact) mass is 356 g/mol. The number of carbonyl (C=O) groups excluding carboxylic acids is 1. The zero-order valence-electron chi connectivity index (χ0n) is 15.0. The van der Waals surface area contributed by atoms with Gasteiger partial charge in [0.25, 0.3) is 5.91 Å². The lowest BCUT2D eigenvalue weighted by molar-refractivity contribution is 0.0936. The van der Waals surface area contributed by atoms with Gasteiger partial charge in [-0.15, -0.1) is 0 Å². The van der Waals surface area contributed by atoms with Crippen LogP contribution in [0.5, 0.6) is 0 Å². The summed E-state index contributed by atoms with van der Waals surface area (Å²) in [7, 11) is 0. The quantitative estimate of drug-likeness (QED) is 0.735. The Balaban J connectivity index is 1.65. The van der Waals surface area contributed by atoms with Crippen LogP contribution in [-0.2, 0) is 12.0 Å². The van der Waals surface area contributed by atoms with Crippen LogP contribution in [0, 0.1) is 5.82 Å². The van der Waals surface area contributed by atoms with Crippen LogP contribution in [0.25, 0.3) is 11.3 Å². The number of aryl methyl sites for hydroxylation is 1. The minimum Gasteiger partial charge on any atom is -0.355 e. The van der Waals surface area contributed by atoms with E-state index in [1.807, 2.05) is 27.0 Å². The van der Waals surface area contributed by atoms with Gasteiger partial charge in [0.2, 0.25) is 0 Å². The van der Waals surface area contributed by atoms with E-state index in [0.717, 1.165) is 17.7 Å². The van der Waals surface area contributed by atoms with E-state index in [1.54, 1.807) is 29.1 Å². The van der Waals surface area contributed by atoms with Gasteiger partial charge in [-0.3, -0.25) is 9.48 Å². The lowest BCUT2D eigenvalue weighted by atomic mass is 9.84. The predicted octanol–water partition coefficient (Wildman–Crippen LogP) is 3.40. The van der Waals surface area contributed by atoms with Crippen LogP contribution in [0.15, 0.2) is 47.2 Å². The third-order valence-electron chi connectivity index (χ3n) is 4.30. The average molecular weight is 356 g/mol. The molecule has 1 N–H and O–H groups in total. The Bertz CT molecular complexity index is 896. The Morgan fingerprint density at radius 1 is 1.31 bits per heavy atom. The molecule has 0 spiro atoms. The molecule has 0 bridgehead atoms. The van der Waals surface area contributed by atoms with Gasteiger partial charge in [0.05, 0.1) is 11.8 Å². The molecular weight excluding hydrogens is 335 g/mol. The normalized spacial score (nSPS) is 11.5. The fraction of sp³-hybridized carbons (Fsp3) is 0.316. The van der Waals surface area contributed by atoms with Crippen molar-refractivity contribution in [2.75, 3.05) is 6.54 Å². The van der Waals surface area contributed by atoms with E-state index in [0.29, 0.717) is 12.3 Å². The van der Waals surface area contributed by atoms with Gasteiger partial charge in [-0.1, -0.05) is 31.1 Å². The highest BCUT2D eigenvalue weighted by atomic mass is 19.1. The van der Waals surface area contributed by atoms with Crippen molar-refractivity contribution in [2.24, 2.45) is 0 Å². The van der Waals surface area contributed by atoms with Gasteiger partial charge in [0.1, 0.15) is 5.82 Å². The van der Waals surface area contributed by atoms with Crippen molar-refractivity contribution in [3.63, 3.8) is 0 Å². The molecule has 2 aromatic heterocycles. The molecule has 0 fully saturated rings. The molecule has 0 saturated carbocycles. The van der Waals surface area contributed by atoms with Gasteiger partial charge >= 0.3 is 0 Å². The lowest BCUT2D eigenvalue weighted by Gasteiger charge is -2.25. The number of nitrogens with zero attached hydrogens (tertiary/aromatic N) is 3. The summed E-state index contributed by atoms with van der Waals surface area (Å²) in [6.45, 7) is 7.08. The maximum atomic E-state index is 13.1. The Hall–Kier alpha value is -2.96. The fourth-order valence-electron chi connectivity index (χ4n) is 2.58. The molecule has 0 atom stereocenters. The molecule has 0 aliphatic rings. The molecule has 1 aromatic carbocycles. The van der Waals surface area contributed by atoms with E-state index in [2.05, 4.69) is 15.6 Å². The molecule has 0 aliphatic heterocycles. The van der Waals surface area contributed by atoms with Gasteiger partial charge in [0, 0.05) is 30.8 Å². The summed E-state index contributed by atoms with van der Waals surface area (Å²) in [5.74, 6) is -0.110. The first-order valence-corrected chi connectivity index (χ1v) is 8.43. The first-order valence-electron chi connectivity index (χ1n) is 8.43. The number of nitrogens with one attached hydrogen (secondary N) is 1. The number of amides is 1. The van der Waals surface area contributed by atoms with E-state index in [1.165, 1.54) is 12.1 Å². The van der Waals surface area contributed by atoms with Gasteiger partial charge < -0.3 is 9.84 Å². The van der Waals surface area contributed by atoms with E-state index < -0.39 is 0 Å². The predicted molar refractivity (Wildman–Crippen MR) is 95.2 cm³/mol. The first-order chi connectivity index (χ1) is 12.4. The van der Waals surface area contributed by atoms with Crippen LogP contribution in [0.1, 0.15) is 36.8 Å². The Morgan fingerprint density at radius 3 is 2.69 bits per heavy atom. The number of aromatic nitrogens is 3. The van der Waals surface area contributed by atoms with Crippen LogP contribution in [-0.4, -0.2) is 27.4 Å². The van der Waals surface area contributed by atoms with E-state index in [9.17, 15) is 9.18 Å². The summed E-state index contributed by atoms with van der Waals surface area (Å²) in [4.78, 5) is 12.4. The Morgan fingerprint density at radius 2 is 2.04 bits per heavy atom. The molecule has 0 unspecified atom stereocenters. The Kier molecular flexibility index (Phi) is 4.88. The van der Waals surface area contributed by atoms with Gasteiger partial charge in [0.15, 0.2) is 11.5 Å². The largest absolute Gasteiger partial charge is 0.355 e. The number of benzene rings is 1. The molecule has 2 heterocycles. The number of rotatable bonds is 6. The minimum atomic E-state index is -0.349. The van der Waals surface area contributed by atoms with Gasteiger partial charge in [-0.25, -0.2) is 4.39 Å². The van der Waals surface area contributed by atoms with Crippen molar-refractivity contribution >= 4 is 5.91 Å². The van der Waals surface area contributed by atoms with Crippen LogP contribution in [0.4, 0.5) is 4.39 Å². The molecule has 3 rings (SSSR count). The molecule has 0 saturated heterocycles. The van der Waals surface area contributed by atoms with Gasteiger partial charge in [-0.2, -0.15) is 5.10 Å². The molecule has 0 radical (unpaired) electrons. The highest BCUT2D eigenvalue weighted by molar-refractivity contribution is 5.93. The smallest absolute Gasteiger partial charge is 0.273 e. The number of hydrogen-bond acceptors (Lipinski definition) is 4. The number of carbonyl (C=O) groups is 1. The summed E-state index contributed by atoms with van der Waals surface area (Å²) in [6, 6.07) is 7.87. The highest BCUT2D eigenvalue weighted by Gasteiger charge is 2.23. The minimum absolute atomic E-state index is 0.208. The van der Waals surface area contributed by atoms with Gasteiger partial charge in [-0.05, 0) is 24.6 Å². The zero-order chi connectivity index (χ0) is 18.7. The van der Waals surface area contributed by atoms with Crippen molar-refractivity contribution in [1.82, 2.24) is 20.3 Å². The van der Waals surface area contributed by atoms with Crippen molar-refractivity contribution in [2.45, 2.75) is 32.7 Å². The van der Waals surface area contributed by atoms with Crippen molar-refractivity contribution in [1.29, 1.82) is 0 Å². The maximum Gasteiger partial charge on any atom is 0.273 e. The highest BCUT2D eigenvalue weighted by Crippen LogP contribution is 2.23. The zero-order valence-corrected chi connectivity index (χ0v) is 15.0. The summed E-state index contributed by atoms with van der Waals surface area (Å²) < 4.78 is 20.1. The second-order valence-corrected chi connectivity index (χ2v) is 6.73. The molecule has 3 aromatic rings. The SMILES string of the molecule is CCn1cc(-c2cc(C(=O)NCC(C)(C)c3ccc(F)cc3)no2)cn1. The summed E-state index contributed by atoms with van der Waals surface area (Å²) in [5.41, 5.74) is 1.56. The first kappa shape index (κ1) is 17.8. The van der Waals surface area contributed by atoms with Crippen LogP contribution >= 0.6 is 0 Å². The van der Waals surface area contributed by atoms with Crippen LogP contribution in [0.3, 0.4) is 0 Å². The summed E-state index contributed by atoms with van der Waals surface area (Å²) in [5, 5.41) is 10.9. The number of halogens is 1. The molecule has 1 amide bonds. The summed E-state index contributed by atoms with van der Waals surface area (Å²) >= 11 is 0. The maximum absolute atomic E-state index is 13.1. The average Bonchev–Trinajstić information content (AvgIpc) is 3.29. The van der Waals surface area contributed by atoms with E-state index in [-0.39, 0.29) is 22.8 Å². The van der Waals surface area contributed by atoms with E-state index >= 15 is 0 Å². The van der Waals surface area contributed by atoms with E-state index in [4.69, 9.17) is 4.52 Å². The van der Waals surface area contributed by atoms with Crippen molar-refractivity contribution in [3.8, 4) is 11.3 Å². The lowest BCUT2D eigenvalue weighted by Crippen LogP contribution is -2.36. The third kappa shape index (κ3) is 3.82. The molecule has 0 aliphatic carbocycles. The standard InChI is InChI=1S/C19H21FN4O2/c1-4-24-11-13(10-22-24)17-9-16(23-26-17)18(25)21-12-19(2,3)14-5-7-15(20)8-6-14/h5-11H,4,12H2,1-3H3,(H,21,25). The molecule has 6 nitrogen and oxygen atoms in total. The fourth-order valence-corrected chi connectivity index (χ4v) is 2.58. The third-order valence-corrected chi connectivity index (χ3v) is 4.30. The van der Waals surface area contributed by atoms with Crippen LogP contribution < -0.4 is 5.32 Å². The molecule has 7 heteroatoms. The topological polar surface area (TPSA) is 73.0 Å². The van der Waals surface area contributed by atoms with Crippen molar-refractivity contribution < 1.29 is 13.7 Å². The molecule has 136 valence electrons. The van der Waals surface area contributed by atoms with Crippen LogP contribution in [0.2, 0.25) is 0 Å². The van der Waals surface area contributed by atoms with Crippen molar-refractivity contribution in [3.05, 3.63) is 59.8 Å². The second kappa shape index (κ2) is 7.11. The Labute approximate surface area is 151 Å². The number of hydrogen-bond donors (Lipinski definition) is 1. The second-order valence-electron chi connectivity index (χ2n) is 6.73. The molecular formula is C19H21FN4O2. The molecule has 26 heavy (non-hydrogen) atoms. The summed E-state index contributed by atoms with van der Waals surface area (Å²) in [6.07, 6.45) is 3.50.